The number of amides is 1. The molecule has 0 spiro atoms. The first-order valence-electron chi connectivity index (χ1n) is 7.87. The molecule has 0 aliphatic rings. The number of aromatic nitrogens is 1. The first-order chi connectivity index (χ1) is 11.7. The van der Waals surface area contributed by atoms with Gasteiger partial charge < -0.3 is 9.88 Å². The van der Waals surface area contributed by atoms with Crippen LogP contribution in [0.2, 0.25) is 0 Å². The number of halogens is 3. The van der Waals surface area contributed by atoms with Gasteiger partial charge in [0.25, 0.3) is 5.56 Å². The molecular weight excluding hydrogens is 333 g/mol. The van der Waals surface area contributed by atoms with Crippen LogP contribution in [0.4, 0.5) is 18.9 Å². The van der Waals surface area contributed by atoms with Crippen LogP contribution in [0.15, 0.2) is 41.3 Å². The summed E-state index contributed by atoms with van der Waals surface area (Å²) in [7, 11) is 0. The van der Waals surface area contributed by atoms with Gasteiger partial charge in [-0.2, -0.15) is 13.2 Å². The molecule has 134 valence electrons. The molecule has 0 atom stereocenters. The normalized spacial score (nSPS) is 11.4. The minimum absolute atomic E-state index is 0.0128. The molecule has 7 heteroatoms. The Morgan fingerprint density at radius 2 is 1.96 bits per heavy atom. The lowest BCUT2D eigenvalue weighted by Crippen LogP contribution is -2.26. The van der Waals surface area contributed by atoms with E-state index in [1.165, 1.54) is 16.7 Å². The van der Waals surface area contributed by atoms with E-state index in [0.29, 0.717) is 18.4 Å². The number of carbonyl (C=O) groups excluding carboxylic acids is 1. The highest BCUT2D eigenvalue weighted by atomic mass is 19.4. The number of hydrogen-bond donors (Lipinski definition) is 1. The smallest absolute Gasteiger partial charge is 0.321 e. The second kappa shape index (κ2) is 7.55. The molecule has 0 aliphatic heterocycles. The van der Waals surface area contributed by atoms with Crippen LogP contribution in [-0.2, 0) is 17.5 Å². The molecule has 1 heterocycles. The van der Waals surface area contributed by atoms with Gasteiger partial charge in [-0.05, 0) is 42.7 Å². The van der Waals surface area contributed by atoms with Crippen molar-refractivity contribution in [2.45, 2.75) is 39.4 Å². The number of nitrogens with zero attached hydrogens (tertiary/aromatic N) is 1. The van der Waals surface area contributed by atoms with Gasteiger partial charge >= 0.3 is 6.18 Å². The molecule has 1 N–H and O–H groups in total. The topological polar surface area (TPSA) is 51.1 Å². The van der Waals surface area contributed by atoms with Crippen LogP contribution in [0, 0.1) is 6.92 Å². The van der Waals surface area contributed by atoms with Crippen molar-refractivity contribution < 1.29 is 18.0 Å². The Hall–Kier alpha value is -2.57. The third-order valence-electron chi connectivity index (χ3n) is 3.58. The summed E-state index contributed by atoms with van der Waals surface area (Å²) in [5.41, 5.74) is -0.00759. The molecule has 0 saturated heterocycles. The van der Waals surface area contributed by atoms with Crippen LogP contribution < -0.4 is 10.9 Å². The fraction of sp³-hybridized carbons (Fsp3) is 0.333. The molecule has 0 bridgehead atoms. The number of aryl methyl sites for hydroxylation is 1. The highest BCUT2D eigenvalue weighted by Crippen LogP contribution is 2.29. The summed E-state index contributed by atoms with van der Waals surface area (Å²) < 4.78 is 39.7. The highest BCUT2D eigenvalue weighted by molar-refractivity contribution is 5.90. The van der Waals surface area contributed by atoms with E-state index in [0.717, 1.165) is 17.7 Å². The maximum atomic E-state index is 12.8. The van der Waals surface area contributed by atoms with Crippen molar-refractivity contribution >= 4 is 11.6 Å². The number of alkyl halides is 3. The zero-order valence-electron chi connectivity index (χ0n) is 14.0. The van der Waals surface area contributed by atoms with Crippen LogP contribution in [0.3, 0.4) is 0 Å². The molecule has 0 aliphatic carbocycles. The van der Waals surface area contributed by atoms with Gasteiger partial charge in [0, 0.05) is 12.6 Å². The summed E-state index contributed by atoms with van der Waals surface area (Å²) in [5, 5.41) is 2.56. The maximum Gasteiger partial charge on any atom is 0.416 e. The predicted molar refractivity (Wildman–Crippen MR) is 89.5 cm³/mol. The van der Waals surface area contributed by atoms with Crippen LogP contribution in [0.5, 0.6) is 0 Å². The number of anilines is 1. The maximum absolute atomic E-state index is 12.8. The van der Waals surface area contributed by atoms with Gasteiger partial charge in [0.2, 0.25) is 5.91 Å². The van der Waals surface area contributed by atoms with Crippen molar-refractivity contribution in [2.24, 2.45) is 0 Å². The third-order valence-corrected chi connectivity index (χ3v) is 3.58. The van der Waals surface area contributed by atoms with E-state index in [2.05, 4.69) is 5.32 Å². The van der Waals surface area contributed by atoms with Crippen molar-refractivity contribution in [3.63, 3.8) is 0 Å². The van der Waals surface area contributed by atoms with E-state index in [-0.39, 0.29) is 18.1 Å². The van der Waals surface area contributed by atoms with Crippen molar-refractivity contribution in [2.75, 3.05) is 5.32 Å². The Kier molecular flexibility index (Phi) is 5.66. The fourth-order valence-corrected chi connectivity index (χ4v) is 2.48. The quantitative estimate of drug-likeness (QED) is 0.885. The minimum atomic E-state index is -4.44. The van der Waals surface area contributed by atoms with E-state index in [1.807, 2.05) is 6.92 Å². The Bertz CT molecular complexity index is 826. The molecule has 0 radical (unpaired) electrons. The van der Waals surface area contributed by atoms with E-state index < -0.39 is 17.3 Å². The van der Waals surface area contributed by atoms with Crippen LogP contribution in [0.1, 0.15) is 36.5 Å². The van der Waals surface area contributed by atoms with E-state index in [4.69, 9.17) is 0 Å². The molecule has 1 aromatic heterocycles. The van der Waals surface area contributed by atoms with Crippen LogP contribution in [-0.4, -0.2) is 10.5 Å². The Morgan fingerprint density at radius 1 is 1.24 bits per heavy atom. The standard InChI is InChI=1S/C18H19F3N2O2/c1-3-5-16(24)22-15-8-12(2)10-23(17(15)25)11-13-6-4-7-14(9-13)18(19,20)21/h4,6-10H,3,5,11H2,1-2H3,(H,22,24). The third kappa shape index (κ3) is 4.95. The molecule has 2 aromatic rings. The number of nitrogens with one attached hydrogen (secondary N) is 1. The lowest BCUT2D eigenvalue weighted by molar-refractivity contribution is -0.137. The zero-order valence-corrected chi connectivity index (χ0v) is 14.0. The summed E-state index contributed by atoms with van der Waals surface area (Å²) in [5.74, 6) is -0.268. The molecule has 0 saturated carbocycles. The fourth-order valence-electron chi connectivity index (χ4n) is 2.48. The molecule has 1 amide bonds. The molecule has 0 unspecified atom stereocenters. The van der Waals surface area contributed by atoms with Crippen molar-refractivity contribution in [1.29, 1.82) is 0 Å². The first kappa shape index (κ1) is 18.8. The second-order valence-corrected chi connectivity index (χ2v) is 5.86. The van der Waals surface area contributed by atoms with Gasteiger partial charge in [-0.3, -0.25) is 9.59 Å². The number of rotatable bonds is 5. The zero-order chi connectivity index (χ0) is 18.6. The monoisotopic (exact) mass is 352 g/mol. The Labute approximate surface area is 143 Å². The average Bonchev–Trinajstić information content (AvgIpc) is 2.51. The highest BCUT2D eigenvalue weighted by Gasteiger charge is 2.30. The number of benzene rings is 1. The van der Waals surface area contributed by atoms with Crippen LogP contribution >= 0.6 is 0 Å². The summed E-state index contributed by atoms with van der Waals surface area (Å²) >= 11 is 0. The van der Waals surface area contributed by atoms with Crippen molar-refractivity contribution in [3.05, 3.63) is 63.6 Å². The number of pyridine rings is 1. The van der Waals surface area contributed by atoms with Gasteiger partial charge in [-0.1, -0.05) is 19.1 Å². The van der Waals surface area contributed by atoms with Gasteiger partial charge in [0.1, 0.15) is 5.69 Å². The number of carbonyl (C=O) groups is 1. The summed E-state index contributed by atoms with van der Waals surface area (Å²) in [4.78, 5) is 24.2. The van der Waals surface area contributed by atoms with Gasteiger partial charge in [0.05, 0.1) is 12.1 Å². The van der Waals surface area contributed by atoms with Gasteiger partial charge in [-0.25, -0.2) is 0 Å². The molecule has 4 nitrogen and oxygen atoms in total. The van der Waals surface area contributed by atoms with Crippen molar-refractivity contribution in [3.8, 4) is 0 Å². The molecule has 0 fully saturated rings. The van der Waals surface area contributed by atoms with E-state index >= 15 is 0 Å². The average molecular weight is 352 g/mol. The van der Waals surface area contributed by atoms with Gasteiger partial charge in [0.15, 0.2) is 0 Å². The molecule has 1 aromatic carbocycles. The molecular formula is C18H19F3N2O2. The van der Waals surface area contributed by atoms with E-state index in [9.17, 15) is 22.8 Å². The van der Waals surface area contributed by atoms with Crippen molar-refractivity contribution in [1.82, 2.24) is 4.57 Å². The summed E-state index contributed by atoms with van der Waals surface area (Å²) in [6.07, 6.45) is -1.94. The number of hydrogen-bond acceptors (Lipinski definition) is 2. The van der Waals surface area contributed by atoms with E-state index in [1.54, 1.807) is 19.2 Å². The SMILES string of the molecule is CCCC(=O)Nc1cc(C)cn(Cc2cccc(C(F)(F)F)c2)c1=O. The molecule has 2 rings (SSSR count). The lowest BCUT2D eigenvalue weighted by Gasteiger charge is -2.13. The van der Waals surface area contributed by atoms with Gasteiger partial charge in [-0.15, -0.1) is 0 Å². The lowest BCUT2D eigenvalue weighted by atomic mass is 10.1. The predicted octanol–water partition coefficient (Wildman–Crippen LogP) is 3.96. The minimum Gasteiger partial charge on any atom is -0.321 e. The second-order valence-electron chi connectivity index (χ2n) is 5.86. The molecule has 25 heavy (non-hydrogen) atoms. The summed E-state index contributed by atoms with van der Waals surface area (Å²) in [6, 6.07) is 6.39. The first-order valence-corrected chi connectivity index (χ1v) is 7.87. The largest absolute Gasteiger partial charge is 0.416 e. The summed E-state index contributed by atoms with van der Waals surface area (Å²) in [6.45, 7) is 3.58. The Balaban J connectivity index is 2.33. The van der Waals surface area contributed by atoms with Crippen LogP contribution in [0.25, 0.3) is 0 Å². The Morgan fingerprint density at radius 3 is 2.60 bits per heavy atom.